The van der Waals surface area contributed by atoms with Crippen molar-refractivity contribution in [3.05, 3.63) is 35.7 Å². The van der Waals surface area contributed by atoms with Crippen LogP contribution in [0.2, 0.25) is 0 Å². The molecule has 0 unspecified atom stereocenters. The summed E-state index contributed by atoms with van der Waals surface area (Å²) in [6.07, 6.45) is 6.18. The lowest BCUT2D eigenvalue weighted by Crippen LogP contribution is -2.27. The molecule has 2 aliphatic rings. The van der Waals surface area contributed by atoms with Crippen molar-refractivity contribution in [3.8, 4) is 0 Å². The second-order valence-electron chi connectivity index (χ2n) is 7.21. The summed E-state index contributed by atoms with van der Waals surface area (Å²) in [7, 11) is -3.45. The Bertz CT molecular complexity index is 948. The van der Waals surface area contributed by atoms with Crippen molar-refractivity contribution in [1.29, 1.82) is 0 Å². The number of rotatable bonds is 6. The lowest BCUT2D eigenvalue weighted by molar-refractivity contribution is 0.102. The van der Waals surface area contributed by atoms with Gasteiger partial charge in [0.1, 0.15) is 5.82 Å². The number of sulfonamides is 1. The first-order valence-corrected chi connectivity index (χ1v) is 12.2. The Labute approximate surface area is 169 Å². The SMILES string of the molecule is O=C(CSc1nnc2n1CCCCC2)c1ccc(S(=O)(=O)N2CCCC2)cc1. The lowest BCUT2D eigenvalue weighted by Gasteiger charge is -2.15. The van der Waals surface area contributed by atoms with E-state index in [1.165, 1.54) is 34.6 Å². The smallest absolute Gasteiger partial charge is 0.243 e. The van der Waals surface area contributed by atoms with Gasteiger partial charge in [0, 0.05) is 31.6 Å². The number of carbonyl (C=O) groups excluding carboxylic acids is 1. The van der Waals surface area contributed by atoms with E-state index in [-0.39, 0.29) is 16.4 Å². The van der Waals surface area contributed by atoms with E-state index in [1.54, 1.807) is 12.1 Å². The topological polar surface area (TPSA) is 85.2 Å². The molecule has 1 saturated heterocycles. The van der Waals surface area contributed by atoms with Gasteiger partial charge in [0.25, 0.3) is 0 Å². The van der Waals surface area contributed by atoms with Crippen molar-refractivity contribution < 1.29 is 13.2 Å². The Balaban J connectivity index is 1.41. The van der Waals surface area contributed by atoms with Crippen molar-refractivity contribution >= 4 is 27.6 Å². The molecule has 28 heavy (non-hydrogen) atoms. The van der Waals surface area contributed by atoms with Gasteiger partial charge in [-0.05, 0) is 37.8 Å². The average Bonchev–Trinajstić information content (AvgIpc) is 3.32. The number of hydrogen-bond donors (Lipinski definition) is 0. The molecule has 0 aliphatic carbocycles. The monoisotopic (exact) mass is 420 g/mol. The number of fused-ring (bicyclic) bond motifs is 1. The van der Waals surface area contributed by atoms with Gasteiger partial charge >= 0.3 is 0 Å². The third kappa shape index (κ3) is 4.01. The van der Waals surface area contributed by atoms with Crippen molar-refractivity contribution in [2.45, 2.75) is 55.1 Å². The number of aryl methyl sites for hydroxylation is 1. The molecule has 4 rings (SSSR count). The number of aromatic nitrogens is 3. The fourth-order valence-electron chi connectivity index (χ4n) is 3.67. The fraction of sp³-hybridized carbons (Fsp3) is 0.526. The van der Waals surface area contributed by atoms with E-state index in [1.807, 2.05) is 0 Å². The summed E-state index contributed by atoms with van der Waals surface area (Å²) in [6.45, 7) is 2.05. The third-order valence-corrected chi connectivity index (χ3v) is 8.17. The second kappa shape index (κ2) is 8.34. The van der Waals surface area contributed by atoms with Gasteiger partial charge in [0.2, 0.25) is 10.0 Å². The van der Waals surface area contributed by atoms with Gasteiger partial charge in [-0.25, -0.2) is 8.42 Å². The molecule has 2 aromatic rings. The van der Waals surface area contributed by atoms with E-state index in [0.29, 0.717) is 18.7 Å². The van der Waals surface area contributed by atoms with Gasteiger partial charge in [-0.3, -0.25) is 4.79 Å². The van der Waals surface area contributed by atoms with Crippen molar-refractivity contribution in [2.24, 2.45) is 0 Å². The lowest BCUT2D eigenvalue weighted by atomic mass is 10.1. The highest BCUT2D eigenvalue weighted by Gasteiger charge is 2.27. The standard InChI is InChI=1S/C19H24N4O3S2/c24-17(14-27-19-21-20-18-6-2-1-3-13-23(18)19)15-7-9-16(10-8-15)28(25,26)22-11-4-5-12-22/h7-10H,1-6,11-14H2. The van der Waals surface area contributed by atoms with E-state index >= 15 is 0 Å². The van der Waals surface area contributed by atoms with E-state index in [4.69, 9.17) is 0 Å². The Hall–Kier alpha value is -1.71. The van der Waals surface area contributed by atoms with Gasteiger partial charge in [-0.1, -0.05) is 30.3 Å². The molecule has 0 radical (unpaired) electrons. The summed E-state index contributed by atoms with van der Waals surface area (Å²) in [5, 5.41) is 9.28. The first-order chi connectivity index (χ1) is 13.6. The first-order valence-electron chi connectivity index (χ1n) is 9.74. The summed E-state index contributed by atoms with van der Waals surface area (Å²) in [5.41, 5.74) is 0.517. The van der Waals surface area contributed by atoms with Crippen LogP contribution < -0.4 is 0 Å². The van der Waals surface area contributed by atoms with Gasteiger partial charge < -0.3 is 4.57 Å². The molecule has 3 heterocycles. The zero-order valence-corrected chi connectivity index (χ0v) is 17.3. The van der Waals surface area contributed by atoms with Crippen LogP contribution in [0.5, 0.6) is 0 Å². The van der Waals surface area contributed by atoms with E-state index in [2.05, 4.69) is 14.8 Å². The molecule has 0 saturated carbocycles. The highest BCUT2D eigenvalue weighted by Crippen LogP contribution is 2.24. The quantitative estimate of drug-likeness (QED) is 0.528. The molecule has 0 bridgehead atoms. The summed E-state index contributed by atoms with van der Waals surface area (Å²) in [5.74, 6) is 1.22. The van der Waals surface area contributed by atoms with E-state index in [0.717, 1.165) is 49.6 Å². The maximum Gasteiger partial charge on any atom is 0.243 e. The van der Waals surface area contributed by atoms with Gasteiger partial charge in [-0.15, -0.1) is 10.2 Å². The van der Waals surface area contributed by atoms with Gasteiger partial charge in [0.05, 0.1) is 10.6 Å². The molecular weight excluding hydrogens is 396 g/mol. The zero-order chi connectivity index (χ0) is 19.6. The van der Waals surface area contributed by atoms with Gasteiger partial charge in [-0.2, -0.15) is 4.31 Å². The third-order valence-electron chi connectivity index (χ3n) is 5.29. The van der Waals surface area contributed by atoms with Crippen molar-refractivity contribution in [3.63, 3.8) is 0 Å². The molecule has 2 aliphatic heterocycles. The summed E-state index contributed by atoms with van der Waals surface area (Å²) < 4.78 is 28.8. The molecule has 0 amide bonds. The van der Waals surface area contributed by atoms with Crippen LogP contribution >= 0.6 is 11.8 Å². The van der Waals surface area contributed by atoms with Crippen LogP contribution in [0.4, 0.5) is 0 Å². The Kier molecular flexibility index (Phi) is 5.84. The molecule has 0 N–H and O–H groups in total. The number of thioether (sulfide) groups is 1. The predicted octanol–water partition coefficient (Wildman–Crippen LogP) is 2.76. The minimum atomic E-state index is -3.45. The predicted molar refractivity (Wildman–Crippen MR) is 107 cm³/mol. The summed E-state index contributed by atoms with van der Waals surface area (Å²) in [6, 6.07) is 6.29. The molecule has 1 aromatic carbocycles. The summed E-state index contributed by atoms with van der Waals surface area (Å²) in [4.78, 5) is 12.8. The fourth-order valence-corrected chi connectivity index (χ4v) is 6.06. The number of hydrogen-bond acceptors (Lipinski definition) is 6. The number of benzene rings is 1. The molecule has 1 aromatic heterocycles. The molecule has 0 spiro atoms. The number of Topliss-reactive ketones (excluding diaryl/α,β-unsaturated/α-hetero) is 1. The van der Waals surface area contributed by atoms with Crippen LogP contribution in [0, 0.1) is 0 Å². The van der Waals surface area contributed by atoms with Crippen molar-refractivity contribution in [2.75, 3.05) is 18.8 Å². The molecular formula is C19H24N4O3S2. The van der Waals surface area contributed by atoms with Crippen molar-refractivity contribution in [1.82, 2.24) is 19.1 Å². The van der Waals surface area contributed by atoms with E-state index in [9.17, 15) is 13.2 Å². The highest BCUT2D eigenvalue weighted by molar-refractivity contribution is 7.99. The maximum absolute atomic E-state index is 12.6. The number of nitrogens with zero attached hydrogens (tertiary/aromatic N) is 4. The number of carbonyl (C=O) groups is 1. The first kappa shape index (κ1) is 19.6. The Morgan fingerprint density at radius 2 is 1.68 bits per heavy atom. The normalized spacial score (nSPS) is 18.0. The van der Waals surface area contributed by atoms with Gasteiger partial charge in [0.15, 0.2) is 10.9 Å². The zero-order valence-electron chi connectivity index (χ0n) is 15.7. The van der Waals surface area contributed by atoms with Crippen LogP contribution in [0.15, 0.2) is 34.3 Å². The molecule has 1 fully saturated rings. The van der Waals surface area contributed by atoms with Crippen LogP contribution in [-0.2, 0) is 23.0 Å². The Morgan fingerprint density at radius 1 is 0.964 bits per heavy atom. The van der Waals surface area contributed by atoms with E-state index < -0.39 is 10.0 Å². The summed E-state index contributed by atoms with van der Waals surface area (Å²) >= 11 is 1.40. The number of ketones is 1. The van der Waals surface area contributed by atoms with Crippen LogP contribution in [0.25, 0.3) is 0 Å². The Morgan fingerprint density at radius 3 is 2.43 bits per heavy atom. The van der Waals surface area contributed by atoms with Crippen LogP contribution in [0.1, 0.15) is 48.3 Å². The van der Waals surface area contributed by atoms with Crippen LogP contribution in [0.3, 0.4) is 0 Å². The molecule has 150 valence electrons. The molecule has 7 nitrogen and oxygen atoms in total. The van der Waals surface area contributed by atoms with Crippen LogP contribution in [-0.4, -0.2) is 52.1 Å². The second-order valence-corrected chi connectivity index (χ2v) is 10.1. The average molecular weight is 421 g/mol. The highest BCUT2D eigenvalue weighted by atomic mass is 32.2. The maximum atomic E-state index is 12.6. The molecule has 9 heteroatoms. The minimum Gasteiger partial charge on any atom is -0.306 e. The largest absolute Gasteiger partial charge is 0.306 e. The minimum absolute atomic E-state index is 0.0407. The molecule has 0 atom stereocenters.